The van der Waals surface area contributed by atoms with Gasteiger partial charge in [-0.25, -0.2) is 13.8 Å². The van der Waals surface area contributed by atoms with Gasteiger partial charge in [0.05, 0.1) is 38.6 Å². The summed E-state index contributed by atoms with van der Waals surface area (Å²) in [7, 11) is 1.41. The quantitative estimate of drug-likeness (QED) is 0.437. The largest absolute Gasteiger partial charge is 0.494 e. The number of carbonyl (C=O) groups is 1. The van der Waals surface area contributed by atoms with Gasteiger partial charge in [0.25, 0.3) is 12.3 Å². The van der Waals surface area contributed by atoms with Crippen LogP contribution in [-0.2, 0) is 4.74 Å². The molecule has 1 spiro atoms. The predicted octanol–water partition coefficient (Wildman–Crippen LogP) is 4.17. The monoisotopic (exact) mass is 576 g/mol. The van der Waals surface area contributed by atoms with Gasteiger partial charge in [0.1, 0.15) is 17.1 Å². The summed E-state index contributed by atoms with van der Waals surface area (Å²) in [5.41, 5.74) is 0.768. The van der Waals surface area contributed by atoms with Crippen molar-refractivity contribution >= 4 is 22.4 Å². The van der Waals surface area contributed by atoms with Crippen molar-refractivity contribution in [1.29, 1.82) is 0 Å². The second kappa shape index (κ2) is 11.5. The molecule has 3 fully saturated rings. The van der Waals surface area contributed by atoms with Crippen LogP contribution in [0.1, 0.15) is 58.9 Å². The number of amides is 1. The van der Waals surface area contributed by atoms with Gasteiger partial charge in [0.2, 0.25) is 5.13 Å². The summed E-state index contributed by atoms with van der Waals surface area (Å²) < 4.78 is 38.3. The topological polar surface area (TPSA) is 102 Å². The Hall–Kier alpha value is -3.97. The highest BCUT2D eigenvalue weighted by molar-refractivity contribution is 7.15. The number of alkyl halides is 2. The Bertz CT molecular complexity index is 1600. The van der Waals surface area contributed by atoms with Gasteiger partial charge >= 0.3 is 0 Å². The molecule has 0 atom stereocenters. The summed E-state index contributed by atoms with van der Waals surface area (Å²) in [6.07, 6.45) is 4.15. The molecule has 210 valence electrons. The Balaban J connectivity index is 1.31. The van der Waals surface area contributed by atoms with Crippen LogP contribution in [0.15, 0.2) is 24.5 Å². The summed E-state index contributed by atoms with van der Waals surface area (Å²) in [6, 6.07) is 2.82. The zero-order chi connectivity index (χ0) is 28.4. The van der Waals surface area contributed by atoms with Crippen molar-refractivity contribution < 1.29 is 23.0 Å². The molecule has 6 rings (SSSR count). The molecule has 2 aliphatic carbocycles. The zero-order valence-corrected chi connectivity index (χ0v) is 23.1. The fourth-order valence-electron chi connectivity index (χ4n) is 4.60. The molecule has 1 saturated heterocycles. The van der Waals surface area contributed by atoms with Crippen LogP contribution in [0.2, 0.25) is 0 Å². The van der Waals surface area contributed by atoms with E-state index in [-0.39, 0.29) is 27.5 Å². The molecule has 0 unspecified atom stereocenters. The van der Waals surface area contributed by atoms with Gasteiger partial charge in [-0.1, -0.05) is 23.2 Å². The van der Waals surface area contributed by atoms with Gasteiger partial charge in [-0.2, -0.15) is 0 Å². The molecule has 9 nitrogen and oxygen atoms in total. The van der Waals surface area contributed by atoms with E-state index in [0.29, 0.717) is 35.3 Å². The molecule has 4 heterocycles. The van der Waals surface area contributed by atoms with Gasteiger partial charge < -0.3 is 9.47 Å². The van der Waals surface area contributed by atoms with Crippen LogP contribution in [0.3, 0.4) is 0 Å². The molecule has 3 aliphatic rings. The molecule has 0 radical (unpaired) electrons. The highest BCUT2D eigenvalue weighted by Crippen LogP contribution is 2.43. The second-order valence-electron chi connectivity index (χ2n) is 10.1. The van der Waals surface area contributed by atoms with Crippen LogP contribution in [0, 0.1) is 29.6 Å². The van der Waals surface area contributed by atoms with E-state index in [1.165, 1.54) is 25.6 Å². The Morgan fingerprint density at radius 3 is 2.83 bits per heavy atom. The van der Waals surface area contributed by atoms with Gasteiger partial charge in [0.15, 0.2) is 5.01 Å². The van der Waals surface area contributed by atoms with Crippen molar-refractivity contribution in [1.82, 2.24) is 25.1 Å². The minimum absolute atomic E-state index is 0.0948. The Kier molecular flexibility index (Phi) is 7.63. The fraction of sp³-hybridized carbons (Fsp3) is 0.414. The number of pyridine rings is 2. The highest BCUT2D eigenvalue weighted by Gasteiger charge is 2.49. The van der Waals surface area contributed by atoms with Crippen molar-refractivity contribution in [3.8, 4) is 40.6 Å². The molecule has 0 aromatic carbocycles. The number of hydrogen-bond donors (Lipinski definition) is 1. The van der Waals surface area contributed by atoms with Crippen molar-refractivity contribution in [2.75, 3.05) is 38.7 Å². The van der Waals surface area contributed by atoms with E-state index in [2.05, 4.69) is 54.1 Å². The lowest BCUT2D eigenvalue weighted by atomic mass is 9.99. The Labute approximate surface area is 239 Å². The van der Waals surface area contributed by atoms with Crippen LogP contribution in [0.25, 0.3) is 11.1 Å². The molecule has 3 aromatic heterocycles. The molecule has 3 aromatic rings. The first-order valence-corrected chi connectivity index (χ1v) is 14.1. The average Bonchev–Trinajstić information content (AvgIpc) is 3.92. The van der Waals surface area contributed by atoms with E-state index >= 15 is 0 Å². The van der Waals surface area contributed by atoms with Crippen LogP contribution < -0.4 is 10.1 Å². The molecule has 1 aliphatic heterocycles. The lowest BCUT2D eigenvalue weighted by molar-refractivity contribution is -0.0132. The number of hydrogen-bond acceptors (Lipinski definition) is 9. The van der Waals surface area contributed by atoms with Crippen molar-refractivity contribution in [3.05, 3.63) is 46.5 Å². The van der Waals surface area contributed by atoms with E-state index in [0.717, 1.165) is 50.2 Å². The molecule has 1 N–H and O–H groups in total. The second-order valence-corrected chi connectivity index (χ2v) is 11.1. The summed E-state index contributed by atoms with van der Waals surface area (Å²) in [4.78, 5) is 23.9. The lowest BCUT2D eigenvalue weighted by Gasteiger charge is -2.34. The SMILES string of the molecule is COc1cnc(C(F)F)cc1-c1cc(C#CCN2CCOCC23CC3)ncc1C(=O)Nc1nnc(C#CC2CC2)s1. The smallest absolute Gasteiger partial charge is 0.280 e. The number of rotatable bonds is 6. The summed E-state index contributed by atoms with van der Waals surface area (Å²) in [5.74, 6) is 12.4. The van der Waals surface area contributed by atoms with Crippen molar-refractivity contribution in [2.24, 2.45) is 5.92 Å². The van der Waals surface area contributed by atoms with Crippen LogP contribution in [0.5, 0.6) is 5.75 Å². The number of aromatic nitrogens is 4. The van der Waals surface area contributed by atoms with Crippen LogP contribution in [0.4, 0.5) is 13.9 Å². The zero-order valence-electron chi connectivity index (χ0n) is 22.2. The summed E-state index contributed by atoms with van der Waals surface area (Å²) in [6.45, 7) is 2.77. The van der Waals surface area contributed by atoms with E-state index < -0.39 is 18.0 Å². The van der Waals surface area contributed by atoms with Gasteiger partial charge in [-0.05, 0) is 49.7 Å². The normalized spacial score (nSPS) is 17.4. The minimum atomic E-state index is -2.81. The molecule has 12 heteroatoms. The molecule has 41 heavy (non-hydrogen) atoms. The maximum atomic E-state index is 13.6. The first-order valence-electron chi connectivity index (χ1n) is 13.2. The van der Waals surface area contributed by atoms with E-state index in [1.807, 2.05) is 0 Å². The highest BCUT2D eigenvalue weighted by atomic mass is 32.1. The minimum Gasteiger partial charge on any atom is -0.494 e. The van der Waals surface area contributed by atoms with Crippen LogP contribution >= 0.6 is 11.3 Å². The van der Waals surface area contributed by atoms with E-state index in [1.54, 1.807) is 6.07 Å². The Morgan fingerprint density at radius 1 is 1.22 bits per heavy atom. The summed E-state index contributed by atoms with van der Waals surface area (Å²) in [5, 5.41) is 11.5. The third-order valence-electron chi connectivity index (χ3n) is 7.24. The van der Waals surface area contributed by atoms with Crippen molar-refractivity contribution in [2.45, 2.75) is 37.6 Å². The third kappa shape index (κ3) is 6.20. The van der Waals surface area contributed by atoms with E-state index in [9.17, 15) is 13.6 Å². The predicted molar refractivity (Wildman–Crippen MR) is 148 cm³/mol. The fourth-order valence-corrected chi connectivity index (χ4v) is 5.20. The molecular weight excluding hydrogens is 550 g/mol. The molecule has 2 saturated carbocycles. The lowest BCUT2D eigenvalue weighted by Crippen LogP contribution is -2.47. The number of anilines is 1. The molecular formula is C29H26F2N6O3S. The first kappa shape index (κ1) is 27.2. The molecule has 0 bridgehead atoms. The molecule has 1 amide bonds. The van der Waals surface area contributed by atoms with Gasteiger partial charge in [0, 0.05) is 35.3 Å². The Morgan fingerprint density at radius 2 is 2.07 bits per heavy atom. The number of nitrogens with one attached hydrogen (secondary N) is 1. The maximum Gasteiger partial charge on any atom is 0.280 e. The van der Waals surface area contributed by atoms with E-state index in [4.69, 9.17) is 9.47 Å². The number of methoxy groups -OCH3 is 1. The van der Waals surface area contributed by atoms with Gasteiger partial charge in [-0.3, -0.25) is 20.0 Å². The number of carbonyl (C=O) groups excluding carboxylic acids is 1. The summed E-state index contributed by atoms with van der Waals surface area (Å²) >= 11 is 1.16. The average molecular weight is 577 g/mol. The van der Waals surface area contributed by atoms with Crippen LogP contribution in [-0.4, -0.2) is 69.9 Å². The number of halogens is 2. The van der Waals surface area contributed by atoms with Crippen molar-refractivity contribution in [3.63, 3.8) is 0 Å². The first-order chi connectivity index (χ1) is 19.9. The maximum absolute atomic E-state index is 13.6. The third-order valence-corrected chi connectivity index (χ3v) is 7.99. The standard InChI is InChI=1S/C29H26F2N6O3S/c1-39-24-16-33-23(26(30)31)14-21(24)20-13-19(3-2-10-37-11-12-40-17-29(37)8-9-29)32-15-22(20)27(38)34-28-36-35-25(41-28)7-6-18-4-5-18/h13-16,18,26H,4-5,8-12,17H2,1H3,(H,34,36,38). The number of nitrogens with zero attached hydrogens (tertiary/aromatic N) is 5. The van der Waals surface area contributed by atoms with Gasteiger partial charge in [-0.15, -0.1) is 10.2 Å². The number of ether oxygens (including phenoxy) is 2. The number of morpholine rings is 1.